The van der Waals surface area contributed by atoms with Crippen molar-refractivity contribution in [3.63, 3.8) is 0 Å². The summed E-state index contributed by atoms with van der Waals surface area (Å²) in [5, 5.41) is 11.9. The minimum absolute atomic E-state index is 0.0309. The molecule has 2 rings (SSSR count). The minimum atomic E-state index is -0.838. The SMILES string of the molecule is CC1(C)Nc2ccccc2N(CCCC(=O)O)C1=O. The summed E-state index contributed by atoms with van der Waals surface area (Å²) in [5.74, 6) is -0.869. The van der Waals surface area contributed by atoms with Crippen LogP contribution in [0, 0.1) is 0 Å². The number of carbonyl (C=O) groups is 2. The van der Waals surface area contributed by atoms with E-state index in [9.17, 15) is 9.59 Å². The van der Waals surface area contributed by atoms with E-state index in [0.29, 0.717) is 13.0 Å². The van der Waals surface area contributed by atoms with E-state index in [0.717, 1.165) is 11.4 Å². The van der Waals surface area contributed by atoms with E-state index in [1.54, 1.807) is 4.90 Å². The van der Waals surface area contributed by atoms with Gasteiger partial charge in [-0.05, 0) is 32.4 Å². The van der Waals surface area contributed by atoms with Crippen molar-refractivity contribution >= 4 is 23.3 Å². The summed E-state index contributed by atoms with van der Waals surface area (Å²) in [7, 11) is 0. The second kappa shape index (κ2) is 4.91. The second-order valence-electron chi connectivity index (χ2n) is 5.22. The van der Waals surface area contributed by atoms with Gasteiger partial charge in [-0.1, -0.05) is 12.1 Å². The Morgan fingerprint density at radius 2 is 2.05 bits per heavy atom. The Morgan fingerprint density at radius 3 is 2.74 bits per heavy atom. The molecule has 0 bridgehead atoms. The number of hydrogen-bond acceptors (Lipinski definition) is 3. The van der Waals surface area contributed by atoms with Crippen molar-refractivity contribution in [2.45, 2.75) is 32.2 Å². The number of nitrogens with one attached hydrogen (secondary N) is 1. The molecule has 1 aliphatic heterocycles. The third kappa shape index (κ3) is 2.70. The molecule has 0 fully saturated rings. The quantitative estimate of drug-likeness (QED) is 0.871. The van der Waals surface area contributed by atoms with Crippen molar-refractivity contribution in [1.82, 2.24) is 0 Å². The van der Waals surface area contributed by atoms with Crippen LogP contribution in [-0.2, 0) is 9.59 Å². The van der Waals surface area contributed by atoms with Gasteiger partial charge in [-0.15, -0.1) is 0 Å². The van der Waals surface area contributed by atoms with Crippen LogP contribution in [0.15, 0.2) is 24.3 Å². The van der Waals surface area contributed by atoms with Gasteiger partial charge >= 0.3 is 5.97 Å². The van der Waals surface area contributed by atoms with E-state index in [1.807, 2.05) is 38.1 Å². The van der Waals surface area contributed by atoms with Gasteiger partial charge in [0.15, 0.2) is 0 Å². The molecular weight excluding hydrogens is 244 g/mol. The number of carboxylic acid groups (broad SMARTS) is 1. The van der Waals surface area contributed by atoms with Gasteiger partial charge in [0, 0.05) is 13.0 Å². The molecular formula is C14H18N2O3. The first-order valence-electron chi connectivity index (χ1n) is 6.33. The molecule has 1 heterocycles. The molecule has 0 atom stereocenters. The maximum Gasteiger partial charge on any atom is 0.303 e. The molecule has 1 aromatic rings. The summed E-state index contributed by atoms with van der Waals surface area (Å²) in [6, 6.07) is 7.58. The molecule has 5 nitrogen and oxygen atoms in total. The zero-order chi connectivity index (χ0) is 14.0. The Morgan fingerprint density at radius 1 is 1.37 bits per heavy atom. The van der Waals surface area contributed by atoms with Gasteiger partial charge in [-0.3, -0.25) is 9.59 Å². The van der Waals surface area contributed by atoms with E-state index in [1.165, 1.54) is 0 Å². The maximum absolute atomic E-state index is 12.4. The number of fused-ring (bicyclic) bond motifs is 1. The van der Waals surface area contributed by atoms with Crippen LogP contribution in [0.2, 0.25) is 0 Å². The number of benzene rings is 1. The number of amides is 1. The van der Waals surface area contributed by atoms with Gasteiger partial charge in [0.1, 0.15) is 5.54 Å². The average molecular weight is 262 g/mol. The fourth-order valence-electron chi connectivity index (χ4n) is 2.26. The standard InChI is InChI=1S/C14H18N2O3/c1-14(2)13(19)16(9-5-8-12(17)18)11-7-4-3-6-10(11)15-14/h3-4,6-7,15H,5,8-9H2,1-2H3,(H,17,18). The fourth-order valence-corrected chi connectivity index (χ4v) is 2.26. The van der Waals surface area contributed by atoms with Crippen molar-refractivity contribution in [2.75, 3.05) is 16.8 Å². The average Bonchev–Trinajstić information content (AvgIpc) is 2.33. The molecule has 2 N–H and O–H groups in total. The number of hydrogen-bond donors (Lipinski definition) is 2. The summed E-state index contributed by atoms with van der Waals surface area (Å²) in [4.78, 5) is 24.7. The number of carboxylic acids is 1. The van der Waals surface area contributed by atoms with Crippen LogP contribution in [0.25, 0.3) is 0 Å². The summed E-state index contributed by atoms with van der Waals surface area (Å²) in [6.07, 6.45) is 0.519. The number of nitrogens with zero attached hydrogens (tertiary/aromatic N) is 1. The lowest BCUT2D eigenvalue weighted by Crippen LogP contribution is -2.54. The summed E-state index contributed by atoms with van der Waals surface area (Å²) in [5.41, 5.74) is 1.05. The smallest absolute Gasteiger partial charge is 0.303 e. The van der Waals surface area contributed by atoms with Gasteiger partial charge in [0.25, 0.3) is 5.91 Å². The van der Waals surface area contributed by atoms with Crippen LogP contribution in [0.4, 0.5) is 11.4 Å². The Labute approximate surface area is 112 Å². The normalized spacial score (nSPS) is 16.7. The highest BCUT2D eigenvalue weighted by molar-refractivity contribution is 6.07. The molecule has 0 aromatic heterocycles. The van der Waals surface area contributed by atoms with Crippen molar-refractivity contribution in [3.05, 3.63) is 24.3 Å². The molecule has 5 heteroatoms. The van der Waals surface area contributed by atoms with Crippen molar-refractivity contribution in [2.24, 2.45) is 0 Å². The lowest BCUT2D eigenvalue weighted by atomic mass is 9.98. The van der Waals surface area contributed by atoms with Crippen molar-refractivity contribution < 1.29 is 14.7 Å². The molecule has 1 amide bonds. The van der Waals surface area contributed by atoms with Gasteiger partial charge in [0.05, 0.1) is 11.4 Å². The topological polar surface area (TPSA) is 69.6 Å². The van der Waals surface area contributed by atoms with Crippen molar-refractivity contribution in [1.29, 1.82) is 0 Å². The van der Waals surface area contributed by atoms with E-state index < -0.39 is 11.5 Å². The molecule has 19 heavy (non-hydrogen) atoms. The molecule has 0 saturated carbocycles. The first-order valence-corrected chi connectivity index (χ1v) is 6.33. The predicted octanol–water partition coefficient (Wildman–Crippen LogP) is 2.09. The Hall–Kier alpha value is -2.04. The largest absolute Gasteiger partial charge is 0.481 e. The molecule has 102 valence electrons. The van der Waals surface area contributed by atoms with Crippen LogP contribution in [0.3, 0.4) is 0 Å². The number of para-hydroxylation sites is 2. The zero-order valence-corrected chi connectivity index (χ0v) is 11.1. The Bertz CT molecular complexity index is 511. The van der Waals surface area contributed by atoms with E-state index in [-0.39, 0.29) is 12.3 Å². The highest BCUT2D eigenvalue weighted by atomic mass is 16.4. The molecule has 1 aromatic carbocycles. The van der Waals surface area contributed by atoms with Crippen molar-refractivity contribution in [3.8, 4) is 0 Å². The predicted molar refractivity (Wildman–Crippen MR) is 73.4 cm³/mol. The van der Waals surface area contributed by atoms with Crippen LogP contribution in [0.5, 0.6) is 0 Å². The first-order chi connectivity index (χ1) is 8.92. The molecule has 1 aliphatic rings. The lowest BCUT2D eigenvalue weighted by Gasteiger charge is -2.39. The summed E-state index contributed by atoms with van der Waals surface area (Å²) in [6.45, 7) is 4.08. The Balaban J connectivity index is 2.24. The third-order valence-corrected chi connectivity index (χ3v) is 3.19. The summed E-state index contributed by atoms with van der Waals surface area (Å²) < 4.78 is 0. The molecule has 0 spiro atoms. The number of aliphatic carboxylic acids is 1. The zero-order valence-electron chi connectivity index (χ0n) is 11.1. The summed E-state index contributed by atoms with van der Waals surface area (Å²) >= 11 is 0. The van der Waals surface area contributed by atoms with Gasteiger partial charge < -0.3 is 15.3 Å². The van der Waals surface area contributed by atoms with Crippen LogP contribution in [-0.4, -0.2) is 29.1 Å². The molecule has 0 radical (unpaired) electrons. The second-order valence-corrected chi connectivity index (χ2v) is 5.22. The number of anilines is 2. The van der Waals surface area contributed by atoms with Gasteiger partial charge in [-0.2, -0.15) is 0 Å². The number of carbonyl (C=O) groups excluding carboxylic acids is 1. The molecule has 0 unspecified atom stereocenters. The Kier molecular flexibility index (Phi) is 3.46. The van der Waals surface area contributed by atoms with Gasteiger partial charge in [0.2, 0.25) is 0 Å². The van der Waals surface area contributed by atoms with Gasteiger partial charge in [-0.25, -0.2) is 0 Å². The maximum atomic E-state index is 12.4. The van der Waals surface area contributed by atoms with Crippen LogP contribution < -0.4 is 10.2 Å². The molecule has 0 saturated heterocycles. The highest BCUT2D eigenvalue weighted by Gasteiger charge is 2.37. The van der Waals surface area contributed by atoms with E-state index in [4.69, 9.17) is 5.11 Å². The first kappa shape index (κ1) is 13.4. The van der Waals surface area contributed by atoms with Crippen LogP contribution in [0.1, 0.15) is 26.7 Å². The fraction of sp³-hybridized carbons (Fsp3) is 0.429. The number of rotatable bonds is 4. The van der Waals surface area contributed by atoms with E-state index >= 15 is 0 Å². The third-order valence-electron chi connectivity index (χ3n) is 3.19. The molecule has 0 aliphatic carbocycles. The lowest BCUT2D eigenvalue weighted by molar-refractivity contribution is -0.137. The van der Waals surface area contributed by atoms with E-state index in [2.05, 4.69) is 5.32 Å². The highest BCUT2D eigenvalue weighted by Crippen LogP contribution is 2.34. The minimum Gasteiger partial charge on any atom is -0.481 e. The van der Waals surface area contributed by atoms with Crippen LogP contribution >= 0.6 is 0 Å². The monoisotopic (exact) mass is 262 g/mol.